The SMILES string of the molecule is FC(F)(F)c1cc(/C=N/N=C/c2cc(Br)ccc2Br)cc(C(F)(F)F)c1. The Bertz CT molecular complexity index is 825. The van der Waals surface area contributed by atoms with Gasteiger partial charge in [0.15, 0.2) is 0 Å². The number of hydrogen-bond donors (Lipinski definition) is 0. The van der Waals surface area contributed by atoms with E-state index in [0.29, 0.717) is 22.2 Å². The van der Waals surface area contributed by atoms with Gasteiger partial charge in [-0.2, -0.15) is 36.5 Å². The van der Waals surface area contributed by atoms with Crippen LogP contribution in [-0.2, 0) is 12.4 Å². The van der Waals surface area contributed by atoms with Crippen molar-refractivity contribution in [1.29, 1.82) is 0 Å². The number of benzene rings is 2. The first kappa shape index (κ1) is 20.6. The summed E-state index contributed by atoms with van der Waals surface area (Å²) >= 11 is 6.54. The zero-order valence-corrected chi connectivity index (χ0v) is 15.7. The number of alkyl halides is 6. The average Bonchev–Trinajstić information content (AvgIpc) is 2.52. The third kappa shape index (κ3) is 5.66. The molecule has 2 aromatic carbocycles. The van der Waals surface area contributed by atoms with Gasteiger partial charge in [0.05, 0.1) is 23.6 Å². The smallest absolute Gasteiger partial charge is 0.166 e. The maximum absolute atomic E-state index is 12.8. The van der Waals surface area contributed by atoms with Gasteiger partial charge in [-0.3, -0.25) is 0 Å². The van der Waals surface area contributed by atoms with Gasteiger partial charge in [-0.05, 0) is 42.0 Å². The highest BCUT2D eigenvalue weighted by Crippen LogP contribution is 2.36. The zero-order valence-electron chi connectivity index (χ0n) is 12.5. The van der Waals surface area contributed by atoms with Gasteiger partial charge in [0.2, 0.25) is 0 Å². The molecule has 2 nitrogen and oxygen atoms in total. The molecule has 2 aromatic rings. The quantitative estimate of drug-likeness (QED) is 0.254. The molecule has 0 amide bonds. The van der Waals surface area contributed by atoms with Crippen molar-refractivity contribution in [2.24, 2.45) is 10.2 Å². The second-order valence-corrected chi connectivity index (χ2v) is 6.76. The fourth-order valence-corrected chi connectivity index (χ4v) is 2.59. The fourth-order valence-electron chi connectivity index (χ4n) is 1.86. The third-order valence-electron chi connectivity index (χ3n) is 3.04. The standard InChI is InChI=1S/C16H8Br2F6N2/c17-13-1-2-14(18)10(5-13)8-26-25-7-9-3-11(15(19,20)21)6-12(4-9)16(22,23)24/h1-8H/b25-7+,26-8+. The minimum absolute atomic E-state index is 0.0548. The summed E-state index contributed by atoms with van der Waals surface area (Å²) in [7, 11) is 0. The predicted octanol–water partition coefficient (Wildman–Crippen LogP) is 6.70. The summed E-state index contributed by atoms with van der Waals surface area (Å²) in [4.78, 5) is 0. The van der Waals surface area contributed by atoms with Crippen LogP contribution >= 0.6 is 31.9 Å². The van der Waals surface area contributed by atoms with Gasteiger partial charge in [0, 0.05) is 14.5 Å². The molecule has 0 N–H and O–H groups in total. The normalized spacial score (nSPS) is 13.1. The van der Waals surface area contributed by atoms with Crippen LogP contribution in [0.1, 0.15) is 22.3 Å². The molecule has 0 saturated carbocycles. The molecule has 0 fully saturated rings. The summed E-state index contributed by atoms with van der Waals surface area (Å²) in [5, 5.41) is 7.18. The molecule has 0 aromatic heterocycles. The van der Waals surface area contributed by atoms with Crippen LogP contribution in [0.25, 0.3) is 0 Å². The Morgan fingerprint density at radius 1 is 0.731 bits per heavy atom. The first-order valence-corrected chi connectivity index (χ1v) is 8.36. The maximum Gasteiger partial charge on any atom is 0.416 e. The minimum atomic E-state index is -4.91. The second-order valence-electron chi connectivity index (χ2n) is 4.99. The summed E-state index contributed by atoms with van der Waals surface area (Å²) in [6.45, 7) is 0. The number of nitrogens with zero attached hydrogens (tertiary/aromatic N) is 2. The van der Waals surface area contributed by atoms with Gasteiger partial charge in [-0.25, -0.2) is 0 Å². The van der Waals surface area contributed by atoms with E-state index in [-0.39, 0.29) is 11.6 Å². The lowest BCUT2D eigenvalue weighted by Crippen LogP contribution is -2.11. The highest BCUT2D eigenvalue weighted by molar-refractivity contribution is 9.11. The van der Waals surface area contributed by atoms with Crippen LogP contribution in [0.2, 0.25) is 0 Å². The van der Waals surface area contributed by atoms with Gasteiger partial charge in [-0.15, -0.1) is 0 Å². The highest BCUT2D eigenvalue weighted by atomic mass is 79.9. The van der Waals surface area contributed by atoms with Crippen molar-refractivity contribution in [2.45, 2.75) is 12.4 Å². The molecule has 10 heteroatoms. The molecule has 0 bridgehead atoms. The molecule has 26 heavy (non-hydrogen) atoms. The van der Waals surface area contributed by atoms with Gasteiger partial charge >= 0.3 is 12.4 Å². The van der Waals surface area contributed by atoms with Crippen LogP contribution in [0.15, 0.2) is 55.5 Å². The van der Waals surface area contributed by atoms with Crippen LogP contribution in [0.3, 0.4) is 0 Å². The van der Waals surface area contributed by atoms with Crippen molar-refractivity contribution < 1.29 is 26.3 Å². The number of rotatable bonds is 3. The van der Waals surface area contributed by atoms with Crippen LogP contribution < -0.4 is 0 Å². The Hall–Kier alpha value is -1.68. The van der Waals surface area contributed by atoms with Crippen molar-refractivity contribution >= 4 is 44.3 Å². The van der Waals surface area contributed by atoms with Crippen molar-refractivity contribution in [1.82, 2.24) is 0 Å². The molecular formula is C16H8Br2F6N2. The summed E-state index contributed by atoms with van der Waals surface area (Å²) in [6.07, 6.45) is -7.68. The summed E-state index contributed by atoms with van der Waals surface area (Å²) in [5.74, 6) is 0. The molecule has 0 atom stereocenters. The van der Waals surface area contributed by atoms with Crippen LogP contribution in [-0.4, -0.2) is 12.4 Å². The van der Waals surface area contributed by atoms with Crippen LogP contribution in [0.5, 0.6) is 0 Å². The van der Waals surface area contributed by atoms with Crippen LogP contribution in [0.4, 0.5) is 26.3 Å². The van der Waals surface area contributed by atoms with Gasteiger partial charge in [-0.1, -0.05) is 31.9 Å². The van der Waals surface area contributed by atoms with E-state index < -0.39 is 23.5 Å². The third-order valence-corrected chi connectivity index (χ3v) is 4.25. The van der Waals surface area contributed by atoms with Crippen molar-refractivity contribution in [3.63, 3.8) is 0 Å². The Morgan fingerprint density at radius 3 is 1.81 bits per heavy atom. The number of hydrogen-bond acceptors (Lipinski definition) is 2. The molecule has 0 aliphatic rings. The molecule has 0 aliphatic heterocycles. The lowest BCUT2D eigenvalue weighted by atomic mass is 10.1. The maximum atomic E-state index is 12.8. The van der Waals surface area contributed by atoms with E-state index in [1.165, 1.54) is 6.21 Å². The fraction of sp³-hybridized carbons (Fsp3) is 0.125. The van der Waals surface area contributed by atoms with E-state index >= 15 is 0 Å². The molecule has 0 aliphatic carbocycles. The monoisotopic (exact) mass is 500 g/mol. The van der Waals surface area contributed by atoms with E-state index in [0.717, 1.165) is 10.7 Å². The van der Waals surface area contributed by atoms with E-state index in [1.807, 2.05) is 0 Å². The highest BCUT2D eigenvalue weighted by Gasteiger charge is 2.36. The number of halogens is 8. The molecule has 138 valence electrons. The molecule has 0 heterocycles. The molecule has 0 unspecified atom stereocenters. The second kappa shape index (κ2) is 7.91. The largest absolute Gasteiger partial charge is 0.416 e. The van der Waals surface area contributed by atoms with E-state index in [2.05, 4.69) is 42.1 Å². The minimum Gasteiger partial charge on any atom is -0.166 e. The predicted molar refractivity (Wildman–Crippen MR) is 93.5 cm³/mol. The van der Waals surface area contributed by atoms with E-state index in [4.69, 9.17) is 0 Å². The lowest BCUT2D eigenvalue weighted by molar-refractivity contribution is -0.143. The van der Waals surface area contributed by atoms with Gasteiger partial charge < -0.3 is 0 Å². The zero-order chi connectivity index (χ0) is 19.5. The molecular weight excluding hydrogens is 494 g/mol. The molecule has 0 saturated heterocycles. The molecule has 0 spiro atoms. The van der Waals surface area contributed by atoms with E-state index in [1.54, 1.807) is 18.2 Å². The van der Waals surface area contributed by atoms with Gasteiger partial charge in [0.25, 0.3) is 0 Å². The first-order chi connectivity index (χ1) is 12.0. The summed E-state index contributed by atoms with van der Waals surface area (Å²) in [5.41, 5.74) is -2.56. The summed E-state index contributed by atoms with van der Waals surface area (Å²) < 4.78 is 78.1. The van der Waals surface area contributed by atoms with Crippen molar-refractivity contribution in [2.75, 3.05) is 0 Å². The topological polar surface area (TPSA) is 24.7 Å². The Balaban J connectivity index is 2.32. The molecule has 0 radical (unpaired) electrons. The van der Waals surface area contributed by atoms with E-state index in [9.17, 15) is 26.3 Å². The summed E-state index contributed by atoms with van der Waals surface area (Å²) in [6, 6.07) is 6.41. The average molecular weight is 502 g/mol. The van der Waals surface area contributed by atoms with Crippen molar-refractivity contribution in [3.05, 3.63) is 67.6 Å². The van der Waals surface area contributed by atoms with Gasteiger partial charge in [0.1, 0.15) is 0 Å². The molecule has 2 rings (SSSR count). The Kier molecular flexibility index (Phi) is 6.28. The lowest BCUT2D eigenvalue weighted by Gasteiger charge is -2.12. The Morgan fingerprint density at radius 2 is 1.27 bits per heavy atom. The van der Waals surface area contributed by atoms with Crippen molar-refractivity contribution in [3.8, 4) is 0 Å². The Labute approximate surface area is 160 Å². The van der Waals surface area contributed by atoms with Crippen LogP contribution in [0, 0.1) is 0 Å². The first-order valence-electron chi connectivity index (χ1n) is 6.78.